The van der Waals surface area contributed by atoms with Crippen molar-refractivity contribution in [3.05, 3.63) is 17.8 Å². The van der Waals surface area contributed by atoms with Gasteiger partial charge in [0.25, 0.3) is 0 Å². The summed E-state index contributed by atoms with van der Waals surface area (Å²) < 4.78 is 1.94. The summed E-state index contributed by atoms with van der Waals surface area (Å²) in [6.07, 6.45) is 9.40. The van der Waals surface area contributed by atoms with E-state index in [4.69, 9.17) is 10.1 Å². The summed E-state index contributed by atoms with van der Waals surface area (Å²) in [7, 11) is 2.01. The Morgan fingerprint density at radius 2 is 1.85 bits per heavy atom. The molecule has 148 valence electrons. The van der Waals surface area contributed by atoms with E-state index in [1.165, 1.54) is 37.5 Å². The Balaban J connectivity index is 1.44. The topological polar surface area (TPSA) is 57.4 Å². The number of rotatable bonds is 5. The van der Waals surface area contributed by atoms with Gasteiger partial charge in [0, 0.05) is 38.6 Å². The second-order valence-electron chi connectivity index (χ2n) is 8.21. The van der Waals surface area contributed by atoms with Crippen LogP contribution in [0.25, 0.3) is 11.0 Å². The molecule has 0 aromatic carbocycles. The molecular weight excluding hydrogens is 338 g/mol. The van der Waals surface area contributed by atoms with Gasteiger partial charge in [-0.3, -0.25) is 4.68 Å². The molecule has 2 saturated heterocycles. The van der Waals surface area contributed by atoms with Crippen LogP contribution in [0.1, 0.15) is 50.6 Å². The van der Waals surface area contributed by atoms with Crippen molar-refractivity contribution in [3.8, 4) is 0 Å². The van der Waals surface area contributed by atoms with Crippen molar-refractivity contribution >= 4 is 16.9 Å². The molecule has 2 aromatic rings. The standard InChI is InChI=1S/C21H33N5O/c1-24-21-18(19(23-24)8-7-12-25-15-11-17(27)16-25)9-10-20(22-21)26-13-5-3-2-4-6-14-26/h9-10,17,27H,2-8,11-16H2,1H3. The number of nitrogens with zero attached hydrogens (tertiary/aromatic N) is 5. The van der Waals surface area contributed by atoms with Crippen LogP contribution in [0.5, 0.6) is 0 Å². The zero-order chi connectivity index (χ0) is 18.6. The van der Waals surface area contributed by atoms with E-state index in [1.54, 1.807) is 0 Å². The summed E-state index contributed by atoms with van der Waals surface area (Å²) in [5, 5.41) is 15.6. The van der Waals surface area contributed by atoms with Gasteiger partial charge in [-0.15, -0.1) is 0 Å². The molecule has 2 fully saturated rings. The average molecular weight is 372 g/mol. The molecule has 0 radical (unpaired) electrons. The van der Waals surface area contributed by atoms with Crippen LogP contribution in [-0.2, 0) is 13.5 Å². The van der Waals surface area contributed by atoms with Crippen LogP contribution in [-0.4, -0.2) is 63.6 Å². The Labute approximate surface area is 162 Å². The third-order valence-electron chi connectivity index (χ3n) is 6.06. The second kappa shape index (κ2) is 8.57. The van der Waals surface area contributed by atoms with E-state index in [-0.39, 0.29) is 6.10 Å². The number of fused-ring (bicyclic) bond motifs is 1. The first-order valence-corrected chi connectivity index (χ1v) is 10.7. The van der Waals surface area contributed by atoms with E-state index in [9.17, 15) is 5.11 Å². The van der Waals surface area contributed by atoms with Gasteiger partial charge in [0.1, 0.15) is 5.82 Å². The number of aliphatic hydroxyl groups excluding tert-OH is 1. The van der Waals surface area contributed by atoms with E-state index >= 15 is 0 Å². The lowest BCUT2D eigenvalue weighted by Crippen LogP contribution is -2.27. The van der Waals surface area contributed by atoms with Gasteiger partial charge in [0.2, 0.25) is 0 Å². The van der Waals surface area contributed by atoms with Crippen LogP contribution in [0, 0.1) is 0 Å². The summed E-state index contributed by atoms with van der Waals surface area (Å²) in [5.74, 6) is 1.10. The maximum absolute atomic E-state index is 9.66. The van der Waals surface area contributed by atoms with Crippen molar-refractivity contribution in [2.75, 3.05) is 37.6 Å². The number of aromatic nitrogens is 3. The lowest BCUT2D eigenvalue weighted by atomic mass is 10.1. The highest BCUT2D eigenvalue weighted by Crippen LogP contribution is 2.24. The largest absolute Gasteiger partial charge is 0.392 e. The summed E-state index contributed by atoms with van der Waals surface area (Å²) >= 11 is 0. The molecule has 1 unspecified atom stereocenters. The fraction of sp³-hybridized carbons (Fsp3) is 0.714. The maximum atomic E-state index is 9.66. The van der Waals surface area contributed by atoms with Crippen molar-refractivity contribution in [1.82, 2.24) is 19.7 Å². The lowest BCUT2D eigenvalue weighted by Gasteiger charge is -2.25. The number of likely N-dealkylation sites (tertiary alicyclic amines) is 1. The molecule has 0 bridgehead atoms. The number of pyridine rings is 1. The maximum Gasteiger partial charge on any atom is 0.160 e. The fourth-order valence-electron chi connectivity index (χ4n) is 4.52. The SMILES string of the molecule is Cn1nc(CCCN2CCC(O)C2)c2ccc(N3CCCCCCC3)nc21. The summed E-state index contributed by atoms with van der Waals surface area (Å²) in [6.45, 7) is 5.11. The van der Waals surface area contributed by atoms with E-state index in [0.29, 0.717) is 0 Å². The number of hydrogen-bond acceptors (Lipinski definition) is 5. The molecule has 0 aliphatic carbocycles. The predicted molar refractivity (Wildman–Crippen MR) is 109 cm³/mol. The Bertz CT molecular complexity index is 750. The van der Waals surface area contributed by atoms with Crippen molar-refractivity contribution in [1.29, 1.82) is 0 Å². The highest BCUT2D eigenvalue weighted by molar-refractivity contribution is 5.80. The minimum absolute atomic E-state index is 0.133. The molecule has 27 heavy (non-hydrogen) atoms. The van der Waals surface area contributed by atoms with Crippen LogP contribution in [0.2, 0.25) is 0 Å². The molecule has 6 nitrogen and oxygen atoms in total. The molecule has 2 aliphatic heterocycles. The van der Waals surface area contributed by atoms with Crippen LogP contribution < -0.4 is 4.90 Å². The first-order valence-electron chi connectivity index (χ1n) is 10.7. The molecule has 0 amide bonds. The van der Waals surface area contributed by atoms with Crippen molar-refractivity contribution in [3.63, 3.8) is 0 Å². The molecule has 0 spiro atoms. The molecule has 1 N–H and O–H groups in total. The minimum atomic E-state index is -0.133. The monoisotopic (exact) mass is 371 g/mol. The van der Waals surface area contributed by atoms with E-state index < -0.39 is 0 Å². The number of aryl methyl sites for hydroxylation is 2. The Kier molecular flexibility index (Phi) is 5.93. The molecule has 6 heteroatoms. The Morgan fingerprint density at radius 1 is 1.07 bits per heavy atom. The number of anilines is 1. The van der Waals surface area contributed by atoms with E-state index in [1.807, 2.05) is 11.7 Å². The Hall–Kier alpha value is -1.66. The zero-order valence-electron chi connectivity index (χ0n) is 16.6. The smallest absolute Gasteiger partial charge is 0.160 e. The number of β-amino-alcohol motifs (C(OH)–C–C–N with tert-alkyl or cyclic N) is 1. The van der Waals surface area contributed by atoms with Gasteiger partial charge in [-0.1, -0.05) is 19.3 Å². The summed E-state index contributed by atoms with van der Waals surface area (Å²) in [5.41, 5.74) is 2.15. The molecule has 4 rings (SSSR count). The van der Waals surface area contributed by atoms with Crippen molar-refractivity contribution in [2.45, 2.75) is 57.5 Å². The average Bonchev–Trinajstić information content (AvgIpc) is 3.18. The van der Waals surface area contributed by atoms with Gasteiger partial charge >= 0.3 is 0 Å². The number of hydrogen-bond donors (Lipinski definition) is 1. The van der Waals surface area contributed by atoms with Crippen LogP contribution >= 0.6 is 0 Å². The molecule has 4 heterocycles. The summed E-state index contributed by atoms with van der Waals surface area (Å²) in [6, 6.07) is 4.41. The van der Waals surface area contributed by atoms with Gasteiger partial charge in [0.05, 0.1) is 11.8 Å². The van der Waals surface area contributed by atoms with Crippen LogP contribution in [0.4, 0.5) is 5.82 Å². The zero-order valence-corrected chi connectivity index (χ0v) is 16.6. The highest BCUT2D eigenvalue weighted by Gasteiger charge is 2.20. The lowest BCUT2D eigenvalue weighted by molar-refractivity contribution is 0.176. The normalized spacial score (nSPS) is 22.3. The second-order valence-corrected chi connectivity index (χ2v) is 8.21. The predicted octanol–water partition coefficient (Wildman–Crippen LogP) is 2.74. The van der Waals surface area contributed by atoms with Gasteiger partial charge < -0.3 is 14.9 Å². The number of aliphatic hydroxyl groups is 1. The van der Waals surface area contributed by atoms with Gasteiger partial charge in [-0.25, -0.2) is 4.98 Å². The van der Waals surface area contributed by atoms with E-state index in [2.05, 4.69) is 21.9 Å². The van der Waals surface area contributed by atoms with Gasteiger partial charge in [-0.2, -0.15) is 5.10 Å². The third kappa shape index (κ3) is 4.43. The first-order chi connectivity index (χ1) is 13.2. The van der Waals surface area contributed by atoms with Crippen molar-refractivity contribution < 1.29 is 5.11 Å². The van der Waals surface area contributed by atoms with Crippen LogP contribution in [0.3, 0.4) is 0 Å². The Morgan fingerprint density at radius 3 is 2.59 bits per heavy atom. The third-order valence-corrected chi connectivity index (χ3v) is 6.06. The fourth-order valence-corrected chi connectivity index (χ4v) is 4.52. The first kappa shape index (κ1) is 18.7. The molecule has 1 atom stereocenters. The molecule has 2 aromatic heterocycles. The van der Waals surface area contributed by atoms with Crippen molar-refractivity contribution in [2.24, 2.45) is 7.05 Å². The molecular formula is C21H33N5O. The highest BCUT2D eigenvalue weighted by atomic mass is 16.3. The van der Waals surface area contributed by atoms with Crippen LogP contribution in [0.15, 0.2) is 12.1 Å². The molecule has 0 saturated carbocycles. The quantitative estimate of drug-likeness (QED) is 0.876. The van der Waals surface area contributed by atoms with Gasteiger partial charge in [-0.05, 0) is 50.8 Å². The summed E-state index contributed by atoms with van der Waals surface area (Å²) in [4.78, 5) is 9.77. The molecule has 2 aliphatic rings. The van der Waals surface area contributed by atoms with Gasteiger partial charge in [0.15, 0.2) is 5.65 Å². The van der Waals surface area contributed by atoms with E-state index in [0.717, 1.165) is 69.1 Å². The minimum Gasteiger partial charge on any atom is -0.392 e.